The molecule has 168 valence electrons. The summed E-state index contributed by atoms with van der Waals surface area (Å²) in [5.74, 6) is -2.26. The molecular weight excluding hydrogens is 414 g/mol. The Bertz CT molecular complexity index is 885. The first-order valence-corrected chi connectivity index (χ1v) is 12.4. The molecule has 0 bridgehead atoms. The van der Waals surface area contributed by atoms with Gasteiger partial charge in [-0.1, -0.05) is 60.7 Å². The van der Waals surface area contributed by atoms with Gasteiger partial charge in [-0.25, -0.2) is 8.57 Å². The predicted molar refractivity (Wildman–Crippen MR) is 123 cm³/mol. The maximum absolute atomic E-state index is 13.6. The van der Waals surface area contributed by atoms with Gasteiger partial charge in [0.05, 0.1) is 12.5 Å². The largest absolute Gasteiger partial charge is 0.481 e. The van der Waals surface area contributed by atoms with E-state index in [9.17, 15) is 18.9 Å². The van der Waals surface area contributed by atoms with Gasteiger partial charge in [-0.3, -0.25) is 9.59 Å². The molecule has 0 saturated heterocycles. The van der Waals surface area contributed by atoms with E-state index in [0.29, 0.717) is 24.3 Å². The number of benzene rings is 2. The van der Waals surface area contributed by atoms with Crippen molar-refractivity contribution < 1.29 is 24.0 Å². The molecule has 0 heterocycles. The lowest BCUT2D eigenvalue weighted by atomic mass is 10.0. The van der Waals surface area contributed by atoms with E-state index < -0.39 is 27.6 Å². The minimum Gasteiger partial charge on any atom is -0.481 e. The van der Waals surface area contributed by atoms with E-state index in [1.165, 1.54) is 11.1 Å². The average Bonchev–Trinajstić information content (AvgIpc) is 2.75. The summed E-state index contributed by atoms with van der Waals surface area (Å²) in [5, 5.41) is 18.2. The smallest absolute Gasteiger partial charge is 0.308 e. The average molecular weight is 446 g/mol. The van der Waals surface area contributed by atoms with Crippen molar-refractivity contribution in [3.8, 4) is 0 Å². The Hall–Kier alpha value is -2.67. The standard InChI is InChI=1S/C24H31NO5S/c26-23(27)16-15-22(24(28)29)19-25-31(30,17-7-13-20-9-3-1-4-10-20)18-8-14-21-11-5-2-6-12-21/h1-6,9-12,22H,7-8,13-19H2,(H,26,27)(H,28,29). The summed E-state index contributed by atoms with van der Waals surface area (Å²) in [6.45, 7) is -0.113. The number of aliphatic carboxylic acids is 2. The molecule has 0 saturated carbocycles. The highest BCUT2D eigenvalue weighted by atomic mass is 32.2. The number of hydrogen-bond donors (Lipinski definition) is 2. The van der Waals surface area contributed by atoms with E-state index in [0.717, 1.165) is 12.8 Å². The molecule has 2 aromatic carbocycles. The highest BCUT2D eigenvalue weighted by Gasteiger charge is 2.20. The summed E-state index contributed by atoms with van der Waals surface area (Å²) < 4.78 is 17.9. The first-order valence-electron chi connectivity index (χ1n) is 10.6. The second kappa shape index (κ2) is 12.9. The van der Waals surface area contributed by atoms with Gasteiger partial charge >= 0.3 is 11.9 Å². The Balaban J connectivity index is 2.04. The zero-order chi connectivity index (χ0) is 22.5. The summed E-state index contributed by atoms with van der Waals surface area (Å²) in [7, 11) is -2.58. The number of nitrogens with zero attached hydrogens (tertiary/aromatic N) is 1. The van der Waals surface area contributed by atoms with Crippen molar-refractivity contribution in [1.29, 1.82) is 0 Å². The van der Waals surface area contributed by atoms with Crippen LogP contribution in [0.4, 0.5) is 0 Å². The number of carboxylic acids is 2. The maximum Gasteiger partial charge on any atom is 0.308 e. The third-order valence-electron chi connectivity index (χ3n) is 5.13. The number of rotatable bonds is 14. The van der Waals surface area contributed by atoms with Crippen LogP contribution >= 0.6 is 0 Å². The quantitative estimate of drug-likeness (QED) is 0.451. The fourth-order valence-corrected chi connectivity index (χ4v) is 5.45. The Morgan fingerprint density at radius 3 is 1.74 bits per heavy atom. The van der Waals surface area contributed by atoms with Crippen LogP contribution in [0.25, 0.3) is 0 Å². The molecule has 6 nitrogen and oxygen atoms in total. The molecule has 2 N–H and O–H groups in total. The van der Waals surface area contributed by atoms with Crippen molar-refractivity contribution in [2.45, 2.75) is 38.5 Å². The molecule has 1 atom stereocenters. The molecule has 31 heavy (non-hydrogen) atoms. The monoisotopic (exact) mass is 445 g/mol. The van der Waals surface area contributed by atoms with Crippen LogP contribution in [0.3, 0.4) is 0 Å². The lowest BCUT2D eigenvalue weighted by Crippen LogP contribution is -2.21. The molecule has 2 aromatic rings. The summed E-state index contributed by atoms with van der Waals surface area (Å²) in [6, 6.07) is 19.9. The zero-order valence-corrected chi connectivity index (χ0v) is 18.5. The molecule has 0 aliphatic heterocycles. The second-order valence-electron chi connectivity index (χ2n) is 7.64. The van der Waals surface area contributed by atoms with Gasteiger partial charge in [0.2, 0.25) is 0 Å². The Kier molecular flexibility index (Phi) is 10.2. The molecule has 0 fully saturated rings. The van der Waals surface area contributed by atoms with E-state index in [4.69, 9.17) is 5.11 Å². The van der Waals surface area contributed by atoms with E-state index in [1.54, 1.807) is 0 Å². The highest BCUT2D eigenvalue weighted by molar-refractivity contribution is 7.93. The van der Waals surface area contributed by atoms with Crippen LogP contribution in [-0.2, 0) is 32.2 Å². The van der Waals surface area contributed by atoms with Crippen molar-refractivity contribution in [2.75, 3.05) is 18.1 Å². The van der Waals surface area contributed by atoms with Gasteiger partial charge in [0.25, 0.3) is 0 Å². The zero-order valence-electron chi connectivity index (χ0n) is 17.7. The van der Waals surface area contributed by atoms with Crippen LogP contribution in [-0.4, -0.2) is 44.4 Å². The van der Waals surface area contributed by atoms with Crippen LogP contribution in [0.5, 0.6) is 0 Å². The second-order valence-corrected chi connectivity index (χ2v) is 10.3. The Morgan fingerprint density at radius 1 is 0.839 bits per heavy atom. The summed E-state index contributed by atoms with van der Waals surface area (Å²) in [4.78, 5) is 22.3. The van der Waals surface area contributed by atoms with Gasteiger partial charge in [-0.2, -0.15) is 0 Å². The molecule has 0 aliphatic carbocycles. The van der Waals surface area contributed by atoms with Crippen molar-refractivity contribution in [3.05, 3.63) is 71.8 Å². The SMILES string of the molecule is O=C(O)CCC(CN=S(=O)(CCCc1ccccc1)CCCc1ccccc1)C(=O)O. The van der Waals surface area contributed by atoms with E-state index in [1.807, 2.05) is 60.7 Å². The van der Waals surface area contributed by atoms with Crippen molar-refractivity contribution in [2.24, 2.45) is 10.3 Å². The molecule has 0 amide bonds. The van der Waals surface area contributed by atoms with E-state index in [-0.39, 0.29) is 19.4 Å². The number of hydrogen-bond acceptors (Lipinski definition) is 4. The highest BCUT2D eigenvalue weighted by Crippen LogP contribution is 2.14. The van der Waals surface area contributed by atoms with Gasteiger partial charge in [0.15, 0.2) is 0 Å². The first kappa shape index (κ1) is 24.6. The van der Waals surface area contributed by atoms with Gasteiger partial charge < -0.3 is 10.2 Å². The Labute approximate surface area is 184 Å². The van der Waals surface area contributed by atoms with Crippen LogP contribution < -0.4 is 0 Å². The first-order chi connectivity index (χ1) is 14.9. The van der Waals surface area contributed by atoms with Crippen LogP contribution in [0, 0.1) is 5.92 Å². The maximum atomic E-state index is 13.6. The summed E-state index contributed by atoms with van der Waals surface area (Å²) in [6.07, 6.45) is 2.71. The van der Waals surface area contributed by atoms with Gasteiger partial charge in [0.1, 0.15) is 0 Å². The summed E-state index contributed by atoms with van der Waals surface area (Å²) >= 11 is 0. The molecule has 7 heteroatoms. The normalized spacial score (nSPS) is 12.3. The summed E-state index contributed by atoms with van der Waals surface area (Å²) in [5.41, 5.74) is 2.33. The van der Waals surface area contributed by atoms with Crippen LogP contribution in [0.2, 0.25) is 0 Å². The van der Waals surface area contributed by atoms with Crippen molar-refractivity contribution in [1.82, 2.24) is 0 Å². The van der Waals surface area contributed by atoms with Crippen molar-refractivity contribution in [3.63, 3.8) is 0 Å². The molecule has 1 unspecified atom stereocenters. The third-order valence-corrected chi connectivity index (χ3v) is 7.60. The predicted octanol–water partition coefficient (Wildman–Crippen LogP) is 4.29. The molecule has 0 aliphatic rings. The fourth-order valence-electron chi connectivity index (χ4n) is 3.34. The van der Waals surface area contributed by atoms with Gasteiger partial charge in [-0.15, -0.1) is 0 Å². The molecule has 2 rings (SSSR count). The molecule has 0 spiro atoms. The molecule has 0 radical (unpaired) electrons. The topological polar surface area (TPSA) is 104 Å². The third kappa shape index (κ3) is 9.79. The van der Waals surface area contributed by atoms with Crippen molar-refractivity contribution >= 4 is 21.7 Å². The van der Waals surface area contributed by atoms with Crippen LogP contribution in [0.1, 0.15) is 36.8 Å². The molecule has 0 aromatic heterocycles. The lowest BCUT2D eigenvalue weighted by Gasteiger charge is -2.14. The van der Waals surface area contributed by atoms with E-state index in [2.05, 4.69) is 4.36 Å². The molecular formula is C24H31NO5S. The Morgan fingerprint density at radius 2 is 1.32 bits per heavy atom. The van der Waals surface area contributed by atoms with Gasteiger partial charge in [0, 0.05) is 27.7 Å². The fraction of sp³-hybridized carbons (Fsp3) is 0.417. The number of carboxylic acid groups (broad SMARTS) is 2. The van der Waals surface area contributed by atoms with Crippen LogP contribution in [0.15, 0.2) is 65.0 Å². The lowest BCUT2D eigenvalue weighted by molar-refractivity contribution is -0.142. The minimum absolute atomic E-state index is 0.0162. The number of carbonyl (C=O) groups is 2. The minimum atomic E-state index is -2.58. The number of aryl methyl sites for hydroxylation is 2. The van der Waals surface area contributed by atoms with Gasteiger partial charge in [-0.05, 0) is 43.2 Å². The van der Waals surface area contributed by atoms with E-state index >= 15 is 0 Å².